The molecule has 104 valence electrons. The zero-order chi connectivity index (χ0) is 13.4. The number of nitrogens with one attached hydrogen (secondary N) is 1. The van der Waals surface area contributed by atoms with E-state index in [-0.39, 0.29) is 12.5 Å². The van der Waals surface area contributed by atoms with E-state index in [2.05, 4.69) is 18.8 Å². The number of rotatable bonds is 7. The highest BCUT2D eigenvalue weighted by Crippen LogP contribution is 2.23. The summed E-state index contributed by atoms with van der Waals surface area (Å²) in [5.74, 6) is 0.637. The van der Waals surface area contributed by atoms with Crippen molar-refractivity contribution >= 4 is 5.91 Å². The number of nitrogens with zero attached hydrogens (tertiary/aromatic N) is 1. The van der Waals surface area contributed by atoms with Gasteiger partial charge < -0.3 is 10.4 Å². The zero-order valence-electron chi connectivity index (χ0n) is 11.4. The second kappa shape index (κ2) is 8.27. The summed E-state index contributed by atoms with van der Waals surface area (Å²) in [6.07, 6.45) is 6.54. The Morgan fingerprint density at radius 2 is 2.22 bits per heavy atom. The molecular weight excluding hydrogens is 228 g/mol. The number of aliphatic hydroxyl groups excluding tert-OH is 1. The van der Waals surface area contributed by atoms with Crippen molar-refractivity contribution in [1.82, 2.24) is 10.2 Å². The van der Waals surface area contributed by atoms with Gasteiger partial charge in [-0.2, -0.15) is 0 Å². The van der Waals surface area contributed by atoms with Crippen molar-refractivity contribution in [2.75, 3.05) is 26.2 Å². The molecule has 1 rings (SSSR count). The van der Waals surface area contributed by atoms with Gasteiger partial charge in [0.15, 0.2) is 0 Å². The van der Waals surface area contributed by atoms with Gasteiger partial charge in [-0.3, -0.25) is 9.69 Å². The minimum absolute atomic E-state index is 0.0593. The molecule has 0 bridgehead atoms. The standard InChI is InChI=1S/C14H26N2O2/c1-3-8-16(9-10-17)11-14(18)15-13-7-5-4-6-12(13)2/h3,12-13,17H,1,4-11H2,2H3,(H,15,18). The Balaban J connectivity index is 2.36. The minimum atomic E-state index is 0.0593. The first kappa shape index (κ1) is 15.2. The maximum absolute atomic E-state index is 11.9. The average Bonchev–Trinajstić information content (AvgIpc) is 2.33. The van der Waals surface area contributed by atoms with Crippen LogP contribution in [0.5, 0.6) is 0 Å². The molecule has 1 aliphatic carbocycles. The van der Waals surface area contributed by atoms with E-state index in [1.54, 1.807) is 6.08 Å². The number of hydrogen-bond donors (Lipinski definition) is 2. The molecule has 4 nitrogen and oxygen atoms in total. The van der Waals surface area contributed by atoms with Crippen LogP contribution in [0.3, 0.4) is 0 Å². The minimum Gasteiger partial charge on any atom is -0.395 e. The normalized spacial score (nSPS) is 23.9. The van der Waals surface area contributed by atoms with E-state index in [9.17, 15) is 4.79 Å². The molecule has 18 heavy (non-hydrogen) atoms. The number of aliphatic hydroxyl groups is 1. The van der Waals surface area contributed by atoms with E-state index in [4.69, 9.17) is 5.11 Å². The zero-order valence-corrected chi connectivity index (χ0v) is 11.4. The van der Waals surface area contributed by atoms with Crippen molar-refractivity contribution in [2.45, 2.75) is 38.6 Å². The lowest BCUT2D eigenvalue weighted by atomic mass is 9.86. The first-order valence-corrected chi connectivity index (χ1v) is 6.90. The van der Waals surface area contributed by atoms with Gasteiger partial charge in [-0.05, 0) is 18.8 Å². The van der Waals surface area contributed by atoms with E-state index in [0.717, 1.165) is 6.42 Å². The van der Waals surface area contributed by atoms with Gasteiger partial charge in [-0.25, -0.2) is 0 Å². The quantitative estimate of drug-likeness (QED) is 0.670. The van der Waals surface area contributed by atoms with Crippen molar-refractivity contribution in [1.29, 1.82) is 0 Å². The second-order valence-corrected chi connectivity index (χ2v) is 5.18. The van der Waals surface area contributed by atoms with Gasteiger partial charge in [0.2, 0.25) is 5.91 Å². The molecule has 1 aliphatic rings. The van der Waals surface area contributed by atoms with Crippen LogP contribution < -0.4 is 5.32 Å². The summed E-state index contributed by atoms with van der Waals surface area (Å²) < 4.78 is 0. The second-order valence-electron chi connectivity index (χ2n) is 5.18. The van der Waals surface area contributed by atoms with Gasteiger partial charge in [0.05, 0.1) is 13.2 Å². The number of carbonyl (C=O) groups excluding carboxylic acids is 1. The lowest BCUT2D eigenvalue weighted by molar-refractivity contribution is -0.123. The highest BCUT2D eigenvalue weighted by molar-refractivity contribution is 5.78. The van der Waals surface area contributed by atoms with E-state index < -0.39 is 0 Å². The number of carbonyl (C=O) groups is 1. The Morgan fingerprint density at radius 3 is 2.83 bits per heavy atom. The van der Waals surface area contributed by atoms with Crippen LogP contribution in [0, 0.1) is 5.92 Å². The largest absolute Gasteiger partial charge is 0.395 e. The summed E-state index contributed by atoms with van der Waals surface area (Å²) in [6.45, 7) is 7.43. The molecule has 0 heterocycles. The number of amides is 1. The molecule has 0 aliphatic heterocycles. The summed E-state index contributed by atoms with van der Waals surface area (Å²) in [7, 11) is 0. The summed E-state index contributed by atoms with van der Waals surface area (Å²) in [4.78, 5) is 13.8. The van der Waals surface area contributed by atoms with Gasteiger partial charge >= 0.3 is 0 Å². The summed E-state index contributed by atoms with van der Waals surface area (Å²) in [6, 6.07) is 0.325. The molecule has 0 aromatic rings. The Morgan fingerprint density at radius 1 is 1.50 bits per heavy atom. The maximum Gasteiger partial charge on any atom is 0.234 e. The fourth-order valence-corrected chi connectivity index (χ4v) is 2.55. The molecule has 1 saturated carbocycles. The van der Waals surface area contributed by atoms with Gasteiger partial charge in [0.25, 0.3) is 0 Å². The third kappa shape index (κ3) is 5.19. The van der Waals surface area contributed by atoms with Gasteiger partial charge in [-0.1, -0.05) is 25.8 Å². The Labute approximate surface area is 110 Å². The van der Waals surface area contributed by atoms with E-state index in [1.807, 2.05) is 4.90 Å². The summed E-state index contributed by atoms with van der Waals surface area (Å²) >= 11 is 0. The Kier molecular flexibility index (Phi) is 6.98. The van der Waals surface area contributed by atoms with Crippen LogP contribution in [0.2, 0.25) is 0 Å². The Bertz CT molecular complexity index is 269. The monoisotopic (exact) mass is 254 g/mol. The van der Waals surface area contributed by atoms with Crippen LogP contribution in [-0.4, -0.2) is 48.2 Å². The first-order valence-electron chi connectivity index (χ1n) is 6.90. The summed E-state index contributed by atoms with van der Waals surface area (Å²) in [5.41, 5.74) is 0. The molecule has 0 aromatic heterocycles. The van der Waals surface area contributed by atoms with Gasteiger partial charge in [-0.15, -0.1) is 6.58 Å². The molecule has 0 radical (unpaired) electrons. The third-order valence-corrected chi connectivity index (χ3v) is 3.63. The predicted molar refractivity (Wildman–Crippen MR) is 73.3 cm³/mol. The van der Waals surface area contributed by atoms with E-state index >= 15 is 0 Å². The fraction of sp³-hybridized carbons (Fsp3) is 0.786. The highest BCUT2D eigenvalue weighted by Gasteiger charge is 2.23. The highest BCUT2D eigenvalue weighted by atomic mass is 16.3. The lowest BCUT2D eigenvalue weighted by Crippen LogP contribution is -2.46. The summed E-state index contributed by atoms with van der Waals surface area (Å²) in [5, 5.41) is 12.1. The van der Waals surface area contributed by atoms with Crippen LogP contribution in [0.15, 0.2) is 12.7 Å². The lowest BCUT2D eigenvalue weighted by Gasteiger charge is -2.30. The van der Waals surface area contributed by atoms with Crippen molar-refractivity contribution in [3.63, 3.8) is 0 Å². The average molecular weight is 254 g/mol. The molecule has 2 atom stereocenters. The Hall–Kier alpha value is -0.870. The van der Waals surface area contributed by atoms with Gasteiger partial charge in [0, 0.05) is 19.1 Å². The topological polar surface area (TPSA) is 52.6 Å². The van der Waals surface area contributed by atoms with Crippen LogP contribution in [-0.2, 0) is 4.79 Å². The molecule has 2 unspecified atom stereocenters. The maximum atomic E-state index is 11.9. The molecule has 0 saturated heterocycles. The molecule has 0 aromatic carbocycles. The molecule has 0 spiro atoms. The van der Waals surface area contributed by atoms with E-state index in [1.165, 1.54) is 19.3 Å². The van der Waals surface area contributed by atoms with Gasteiger partial charge in [0.1, 0.15) is 0 Å². The van der Waals surface area contributed by atoms with Crippen molar-refractivity contribution in [3.05, 3.63) is 12.7 Å². The van der Waals surface area contributed by atoms with Crippen LogP contribution in [0.1, 0.15) is 32.6 Å². The first-order chi connectivity index (χ1) is 8.67. The smallest absolute Gasteiger partial charge is 0.234 e. The van der Waals surface area contributed by atoms with E-state index in [0.29, 0.717) is 31.6 Å². The predicted octanol–water partition coefficient (Wildman–Crippen LogP) is 1.16. The van der Waals surface area contributed by atoms with Crippen LogP contribution in [0.25, 0.3) is 0 Å². The molecular formula is C14H26N2O2. The molecule has 2 N–H and O–H groups in total. The van der Waals surface area contributed by atoms with Crippen molar-refractivity contribution in [3.8, 4) is 0 Å². The van der Waals surface area contributed by atoms with Crippen molar-refractivity contribution in [2.24, 2.45) is 5.92 Å². The number of hydrogen-bond acceptors (Lipinski definition) is 3. The SMILES string of the molecule is C=CCN(CCO)CC(=O)NC1CCCCC1C. The van der Waals surface area contributed by atoms with Crippen LogP contribution >= 0.6 is 0 Å². The molecule has 1 amide bonds. The molecule has 1 fully saturated rings. The third-order valence-electron chi connectivity index (χ3n) is 3.63. The van der Waals surface area contributed by atoms with Crippen molar-refractivity contribution < 1.29 is 9.90 Å². The van der Waals surface area contributed by atoms with Crippen LogP contribution in [0.4, 0.5) is 0 Å². The fourth-order valence-electron chi connectivity index (χ4n) is 2.55. The molecule has 4 heteroatoms.